The minimum Gasteiger partial charge on any atom is -0.482 e. The molecule has 3 fully saturated rings. The molecule has 0 aromatic heterocycles. The van der Waals surface area contributed by atoms with Crippen molar-refractivity contribution in [1.29, 1.82) is 0 Å². The van der Waals surface area contributed by atoms with Crippen LogP contribution in [0.4, 0.5) is 18.9 Å². The summed E-state index contributed by atoms with van der Waals surface area (Å²) in [5.74, 6) is -0.730. The van der Waals surface area contributed by atoms with Gasteiger partial charge in [-0.2, -0.15) is 17.5 Å². The molecule has 0 bridgehead atoms. The van der Waals surface area contributed by atoms with Crippen LogP contribution in [0.25, 0.3) is 0 Å². The largest absolute Gasteiger partial charge is 0.482 e. The van der Waals surface area contributed by atoms with Crippen LogP contribution in [0.15, 0.2) is 23.1 Å². The summed E-state index contributed by atoms with van der Waals surface area (Å²) < 4.78 is 71.1. The first-order chi connectivity index (χ1) is 16.4. The van der Waals surface area contributed by atoms with E-state index in [2.05, 4.69) is 5.32 Å². The Kier molecular flexibility index (Phi) is 7.31. The van der Waals surface area contributed by atoms with Crippen molar-refractivity contribution in [2.75, 3.05) is 30.8 Å². The first kappa shape index (κ1) is 26.1. The number of rotatable bonds is 6. The number of anilines is 1. The number of alkyl halides is 3. The quantitative estimate of drug-likeness (QED) is 0.598. The summed E-state index contributed by atoms with van der Waals surface area (Å²) in [5.41, 5.74) is -0.180. The molecule has 2 amide bonds. The summed E-state index contributed by atoms with van der Waals surface area (Å²) in [6.07, 6.45) is -0.421. The summed E-state index contributed by atoms with van der Waals surface area (Å²) in [7, 11) is -3.92. The molecule has 0 saturated carbocycles. The van der Waals surface area contributed by atoms with Crippen LogP contribution in [0, 0.1) is 0 Å². The van der Waals surface area contributed by atoms with Gasteiger partial charge < -0.3 is 15.0 Å². The van der Waals surface area contributed by atoms with Crippen LogP contribution in [-0.2, 0) is 19.6 Å². The van der Waals surface area contributed by atoms with Gasteiger partial charge in [0.05, 0.1) is 15.5 Å². The molecule has 1 aromatic rings. The normalized spacial score (nSPS) is 25.9. The highest BCUT2D eigenvalue weighted by Crippen LogP contribution is 2.47. The minimum atomic E-state index is -4.62. The lowest BCUT2D eigenvalue weighted by Crippen LogP contribution is -2.48. The molecule has 194 valence electrons. The van der Waals surface area contributed by atoms with E-state index in [4.69, 9.17) is 4.74 Å². The monoisotopic (exact) mass is 535 g/mol. The van der Waals surface area contributed by atoms with Gasteiger partial charge in [-0.1, -0.05) is 12.8 Å². The lowest BCUT2D eigenvalue weighted by molar-refractivity contribution is -0.153. The Hall–Kier alpha value is -1.99. The number of amides is 2. The van der Waals surface area contributed by atoms with Crippen LogP contribution in [0.1, 0.15) is 45.4 Å². The molecule has 0 radical (unpaired) electrons. The maximum absolute atomic E-state index is 13.2. The van der Waals surface area contributed by atoms with E-state index in [9.17, 15) is 31.2 Å². The Morgan fingerprint density at radius 2 is 1.91 bits per heavy atom. The Morgan fingerprint density at radius 1 is 1.23 bits per heavy atom. The lowest BCUT2D eigenvalue weighted by atomic mass is 10.2. The zero-order valence-electron chi connectivity index (χ0n) is 19.3. The average molecular weight is 536 g/mol. The SMILES string of the molecule is C[C@]12CCC(=O)N1[C@@H](C(=O)Nc1cc(S(=O)(=O)N3CCCCCC3)ccc1OCC(F)(F)F)CS2. The van der Waals surface area contributed by atoms with Crippen LogP contribution in [0.5, 0.6) is 5.75 Å². The van der Waals surface area contributed by atoms with E-state index in [1.54, 1.807) is 0 Å². The topological polar surface area (TPSA) is 96.0 Å². The third-order valence-electron chi connectivity index (χ3n) is 6.55. The van der Waals surface area contributed by atoms with Crippen molar-refractivity contribution < 1.29 is 35.9 Å². The molecular weight excluding hydrogens is 507 g/mol. The van der Waals surface area contributed by atoms with Gasteiger partial charge in [-0.05, 0) is 44.4 Å². The number of carbonyl (C=O) groups is 2. The predicted octanol–water partition coefficient (Wildman–Crippen LogP) is 3.58. The first-order valence-electron chi connectivity index (χ1n) is 11.5. The fourth-order valence-electron chi connectivity index (χ4n) is 4.71. The van der Waals surface area contributed by atoms with E-state index in [1.165, 1.54) is 27.0 Å². The Morgan fingerprint density at radius 3 is 2.57 bits per heavy atom. The summed E-state index contributed by atoms with van der Waals surface area (Å²) >= 11 is 1.47. The molecule has 3 aliphatic rings. The number of ether oxygens (including phenoxy) is 1. The molecule has 0 unspecified atom stereocenters. The molecule has 3 heterocycles. The van der Waals surface area contributed by atoms with Gasteiger partial charge in [0.2, 0.25) is 21.8 Å². The van der Waals surface area contributed by atoms with Crippen molar-refractivity contribution in [2.45, 2.75) is 67.4 Å². The molecule has 0 aliphatic carbocycles. The number of carbonyl (C=O) groups excluding carboxylic acids is 2. The molecule has 13 heteroatoms. The van der Waals surface area contributed by atoms with E-state index < -0.39 is 39.6 Å². The van der Waals surface area contributed by atoms with E-state index in [0.29, 0.717) is 31.7 Å². The standard InChI is InChI=1S/C22H28F3N3O5S2/c1-21-9-8-19(29)28(21)17(13-34-21)20(30)26-16-12-15(6-7-18(16)33-14-22(23,24)25)35(31,32)27-10-4-2-3-5-11-27/h6-7,12,17H,2-5,8-11,13-14H2,1H3,(H,26,30)/t17-,21+/m1/s1. The fourth-order valence-corrected chi connectivity index (χ4v) is 7.69. The molecule has 3 saturated heterocycles. The lowest BCUT2D eigenvalue weighted by Gasteiger charge is -2.30. The summed E-state index contributed by atoms with van der Waals surface area (Å²) in [5, 5.41) is 2.55. The highest BCUT2D eigenvalue weighted by Gasteiger charge is 2.53. The number of fused-ring (bicyclic) bond motifs is 1. The van der Waals surface area contributed by atoms with Gasteiger partial charge in [0.15, 0.2) is 6.61 Å². The fraction of sp³-hybridized carbons (Fsp3) is 0.636. The number of hydrogen-bond donors (Lipinski definition) is 1. The molecule has 1 N–H and O–H groups in total. The van der Waals surface area contributed by atoms with Gasteiger partial charge in [0, 0.05) is 25.3 Å². The third kappa shape index (κ3) is 5.56. The van der Waals surface area contributed by atoms with Crippen molar-refractivity contribution in [3.63, 3.8) is 0 Å². The summed E-state index contributed by atoms with van der Waals surface area (Å²) in [4.78, 5) is 26.4. The second kappa shape index (κ2) is 9.81. The zero-order valence-corrected chi connectivity index (χ0v) is 20.9. The number of thioether (sulfide) groups is 1. The number of hydrogen-bond acceptors (Lipinski definition) is 6. The predicted molar refractivity (Wildman–Crippen MR) is 125 cm³/mol. The minimum absolute atomic E-state index is 0.142. The van der Waals surface area contributed by atoms with E-state index in [0.717, 1.165) is 37.8 Å². The molecule has 4 rings (SSSR count). The number of benzene rings is 1. The van der Waals surface area contributed by atoms with Crippen molar-refractivity contribution >= 4 is 39.3 Å². The number of sulfonamides is 1. The maximum Gasteiger partial charge on any atom is 0.422 e. The van der Waals surface area contributed by atoms with Crippen molar-refractivity contribution in [2.24, 2.45) is 0 Å². The third-order valence-corrected chi connectivity index (χ3v) is 9.95. The van der Waals surface area contributed by atoms with Crippen LogP contribution in [0.3, 0.4) is 0 Å². The summed E-state index contributed by atoms with van der Waals surface area (Å²) in [6, 6.07) is 2.63. The van der Waals surface area contributed by atoms with Crippen LogP contribution >= 0.6 is 11.8 Å². The van der Waals surface area contributed by atoms with Gasteiger partial charge in [0.25, 0.3) is 0 Å². The van der Waals surface area contributed by atoms with Gasteiger partial charge in [-0.15, -0.1) is 11.8 Å². The second-order valence-electron chi connectivity index (χ2n) is 9.13. The number of nitrogens with one attached hydrogen (secondary N) is 1. The number of nitrogens with zero attached hydrogens (tertiary/aromatic N) is 2. The van der Waals surface area contributed by atoms with Gasteiger partial charge in [0.1, 0.15) is 11.8 Å². The Balaban J connectivity index is 1.62. The smallest absolute Gasteiger partial charge is 0.422 e. The molecule has 0 spiro atoms. The van der Waals surface area contributed by atoms with Crippen LogP contribution in [-0.4, -0.2) is 72.0 Å². The zero-order chi connectivity index (χ0) is 25.4. The highest BCUT2D eigenvalue weighted by atomic mass is 32.2. The van der Waals surface area contributed by atoms with Gasteiger partial charge in [-0.25, -0.2) is 8.42 Å². The first-order valence-corrected chi connectivity index (χ1v) is 13.9. The molecule has 35 heavy (non-hydrogen) atoms. The molecular formula is C22H28F3N3O5S2. The molecule has 8 nitrogen and oxygen atoms in total. The van der Waals surface area contributed by atoms with Crippen molar-refractivity contribution in [3.8, 4) is 5.75 Å². The Bertz CT molecular complexity index is 1090. The van der Waals surface area contributed by atoms with Crippen LogP contribution < -0.4 is 10.1 Å². The molecule has 3 aliphatic heterocycles. The molecule has 2 atom stereocenters. The van der Waals surface area contributed by atoms with E-state index in [-0.39, 0.29) is 22.2 Å². The Labute approximate surface area is 206 Å². The van der Waals surface area contributed by atoms with Crippen molar-refractivity contribution in [3.05, 3.63) is 18.2 Å². The van der Waals surface area contributed by atoms with Gasteiger partial charge >= 0.3 is 6.18 Å². The number of halogens is 3. The average Bonchev–Trinajstić information content (AvgIpc) is 3.12. The van der Waals surface area contributed by atoms with E-state index in [1.807, 2.05) is 6.92 Å². The van der Waals surface area contributed by atoms with E-state index >= 15 is 0 Å². The maximum atomic E-state index is 13.2. The van der Waals surface area contributed by atoms with Gasteiger partial charge in [-0.3, -0.25) is 9.59 Å². The highest BCUT2D eigenvalue weighted by molar-refractivity contribution is 8.01. The summed E-state index contributed by atoms with van der Waals surface area (Å²) in [6.45, 7) is 0.981. The van der Waals surface area contributed by atoms with Crippen molar-refractivity contribution in [1.82, 2.24) is 9.21 Å². The second-order valence-corrected chi connectivity index (χ2v) is 12.6. The molecule has 1 aromatic carbocycles. The van der Waals surface area contributed by atoms with Crippen LogP contribution in [0.2, 0.25) is 0 Å².